The molecule has 1 aliphatic carbocycles. The van der Waals surface area contributed by atoms with Gasteiger partial charge >= 0.3 is 5.97 Å². The van der Waals surface area contributed by atoms with Crippen molar-refractivity contribution in [3.8, 4) is 0 Å². The zero-order valence-electron chi connectivity index (χ0n) is 9.59. The van der Waals surface area contributed by atoms with Gasteiger partial charge in [-0.1, -0.05) is 24.3 Å². The number of nitrogens with zero attached hydrogens (tertiary/aromatic N) is 1. The van der Waals surface area contributed by atoms with Gasteiger partial charge in [-0.2, -0.15) is 0 Å². The molecular formula is C13H12N2O3. The molecule has 0 fully saturated rings. The minimum atomic E-state index is -1.11. The number of nitrogens with one attached hydrogen (secondary N) is 1. The SMILES string of the molecule is O=C(O)c1cnc(NC2Cc3ccccc3C2)o1. The quantitative estimate of drug-likeness (QED) is 0.863. The number of carbonyl (C=O) groups is 1. The van der Waals surface area contributed by atoms with E-state index in [2.05, 4.69) is 22.4 Å². The Morgan fingerprint density at radius 3 is 2.56 bits per heavy atom. The Balaban J connectivity index is 1.70. The molecule has 0 atom stereocenters. The summed E-state index contributed by atoms with van der Waals surface area (Å²) in [4.78, 5) is 14.6. The van der Waals surface area contributed by atoms with Crippen molar-refractivity contribution in [1.82, 2.24) is 4.98 Å². The number of aromatic nitrogens is 1. The fourth-order valence-electron chi connectivity index (χ4n) is 2.28. The minimum Gasteiger partial charge on any atom is -0.475 e. The highest BCUT2D eigenvalue weighted by atomic mass is 16.4. The van der Waals surface area contributed by atoms with Crippen LogP contribution in [0.5, 0.6) is 0 Å². The van der Waals surface area contributed by atoms with E-state index >= 15 is 0 Å². The van der Waals surface area contributed by atoms with Crippen molar-refractivity contribution >= 4 is 12.0 Å². The molecule has 1 aromatic heterocycles. The van der Waals surface area contributed by atoms with Crippen molar-refractivity contribution < 1.29 is 14.3 Å². The lowest BCUT2D eigenvalue weighted by molar-refractivity contribution is 0.0663. The summed E-state index contributed by atoms with van der Waals surface area (Å²) in [6, 6.07) is 8.74. The van der Waals surface area contributed by atoms with E-state index in [4.69, 9.17) is 9.52 Å². The number of anilines is 1. The number of carboxylic acid groups (broad SMARTS) is 1. The van der Waals surface area contributed by atoms with Gasteiger partial charge in [-0.15, -0.1) is 0 Å². The van der Waals surface area contributed by atoms with Crippen molar-refractivity contribution in [2.75, 3.05) is 5.32 Å². The number of aromatic carboxylic acids is 1. The lowest BCUT2D eigenvalue weighted by Crippen LogP contribution is -2.19. The molecule has 0 saturated carbocycles. The van der Waals surface area contributed by atoms with E-state index in [1.54, 1.807) is 0 Å². The van der Waals surface area contributed by atoms with Gasteiger partial charge in [0.1, 0.15) is 0 Å². The van der Waals surface area contributed by atoms with E-state index in [9.17, 15) is 4.79 Å². The van der Waals surface area contributed by atoms with Crippen LogP contribution < -0.4 is 5.32 Å². The van der Waals surface area contributed by atoms with Crippen LogP contribution in [0.1, 0.15) is 21.7 Å². The van der Waals surface area contributed by atoms with Crippen molar-refractivity contribution in [2.24, 2.45) is 0 Å². The smallest absolute Gasteiger partial charge is 0.373 e. The van der Waals surface area contributed by atoms with E-state index in [-0.39, 0.29) is 17.8 Å². The summed E-state index contributed by atoms with van der Waals surface area (Å²) in [6.45, 7) is 0. The second kappa shape index (κ2) is 4.18. The van der Waals surface area contributed by atoms with Crippen LogP contribution in [0.4, 0.5) is 6.01 Å². The fraction of sp³-hybridized carbons (Fsp3) is 0.231. The predicted molar refractivity (Wildman–Crippen MR) is 64.7 cm³/mol. The van der Waals surface area contributed by atoms with Crippen LogP contribution in [0, 0.1) is 0 Å². The first kappa shape index (κ1) is 10.8. The Kier molecular flexibility index (Phi) is 2.51. The third kappa shape index (κ3) is 1.95. The molecule has 3 rings (SSSR count). The summed E-state index contributed by atoms with van der Waals surface area (Å²) in [5.41, 5.74) is 2.64. The average molecular weight is 244 g/mol. The van der Waals surface area contributed by atoms with Crippen molar-refractivity contribution in [3.05, 3.63) is 47.3 Å². The van der Waals surface area contributed by atoms with Gasteiger partial charge in [0.25, 0.3) is 6.01 Å². The highest BCUT2D eigenvalue weighted by molar-refractivity contribution is 5.84. The molecule has 0 spiro atoms. The van der Waals surface area contributed by atoms with Crippen LogP contribution in [0.15, 0.2) is 34.9 Å². The summed E-state index contributed by atoms with van der Waals surface area (Å²) in [5.74, 6) is -1.25. The number of carboxylic acids is 1. The number of benzene rings is 1. The number of hydrogen-bond donors (Lipinski definition) is 2. The molecule has 0 aliphatic heterocycles. The molecule has 18 heavy (non-hydrogen) atoms. The third-order valence-corrected chi connectivity index (χ3v) is 3.10. The van der Waals surface area contributed by atoms with Gasteiger partial charge in [0, 0.05) is 6.04 Å². The maximum absolute atomic E-state index is 10.7. The summed E-state index contributed by atoms with van der Waals surface area (Å²) >= 11 is 0. The van der Waals surface area contributed by atoms with Gasteiger partial charge in [0.05, 0.1) is 6.20 Å². The van der Waals surface area contributed by atoms with Gasteiger partial charge in [-0.25, -0.2) is 9.78 Å². The molecule has 0 unspecified atom stereocenters. The maximum Gasteiger partial charge on any atom is 0.373 e. The highest BCUT2D eigenvalue weighted by Gasteiger charge is 2.22. The van der Waals surface area contributed by atoms with Gasteiger partial charge in [0.2, 0.25) is 5.76 Å². The first-order chi connectivity index (χ1) is 8.72. The summed E-state index contributed by atoms with van der Waals surface area (Å²) in [5, 5.41) is 11.9. The number of oxazole rings is 1. The van der Waals surface area contributed by atoms with Crippen molar-refractivity contribution in [1.29, 1.82) is 0 Å². The Morgan fingerprint density at radius 1 is 1.33 bits per heavy atom. The topological polar surface area (TPSA) is 75.4 Å². The molecule has 5 heteroatoms. The molecule has 1 heterocycles. The zero-order chi connectivity index (χ0) is 12.5. The van der Waals surface area contributed by atoms with Crippen LogP contribution in [0.3, 0.4) is 0 Å². The summed E-state index contributed by atoms with van der Waals surface area (Å²) in [7, 11) is 0. The normalized spacial score (nSPS) is 14.4. The fourth-order valence-corrected chi connectivity index (χ4v) is 2.28. The standard InChI is InChI=1S/C13H12N2O3/c16-12(17)11-7-14-13(18-11)15-10-5-8-3-1-2-4-9(8)6-10/h1-4,7,10H,5-6H2,(H,14,15)(H,16,17). The molecule has 0 radical (unpaired) electrons. The van der Waals surface area contributed by atoms with Gasteiger partial charge in [-0.3, -0.25) is 0 Å². The number of hydrogen-bond acceptors (Lipinski definition) is 4. The van der Waals surface area contributed by atoms with Gasteiger partial charge in [-0.05, 0) is 24.0 Å². The molecule has 92 valence electrons. The van der Waals surface area contributed by atoms with Crippen LogP contribution in [0.2, 0.25) is 0 Å². The zero-order valence-corrected chi connectivity index (χ0v) is 9.59. The van der Waals surface area contributed by atoms with E-state index in [0.29, 0.717) is 0 Å². The van der Waals surface area contributed by atoms with Crippen LogP contribution in [-0.2, 0) is 12.8 Å². The van der Waals surface area contributed by atoms with Crippen molar-refractivity contribution in [2.45, 2.75) is 18.9 Å². The molecule has 2 N–H and O–H groups in total. The largest absolute Gasteiger partial charge is 0.475 e. The Bertz CT molecular complexity index is 566. The number of rotatable bonds is 3. The van der Waals surface area contributed by atoms with Crippen LogP contribution in [-0.4, -0.2) is 22.1 Å². The summed E-state index contributed by atoms with van der Waals surface area (Å²) in [6.07, 6.45) is 3.02. The van der Waals surface area contributed by atoms with E-state index in [0.717, 1.165) is 12.8 Å². The second-order valence-electron chi connectivity index (χ2n) is 4.35. The lowest BCUT2D eigenvalue weighted by atomic mass is 10.1. The van der Waals surface area contributed by atoms with Gasteiger partial charge in [0.15, 0.2) is 0 Å². The van der Waals surface area contributed by atoms with E-state index < -0.39 is 5.97 Å². The molecule has 0 amide bonds. The van der Waals surface area contributed by atoms with E-state index in [1.807, 2.05) is 12.1 Å². The lowest BCUT2D eigenvalue weighted by Gasteiger charge is -2.08. The number of fused-ring (bicyclic) bond motifs is 1. The van der Waals surface area contributed by atoms with Crippen LogP contribution in [0.25, 0.3) is 0 Å². The molecule has 0 bridgehead atoms. The van der Waals surface area contributed by atoms with Crippen LogP contribution >= 0.6 is 0 Å². The summed E-state index contributed by atoms with van der Waals surface area (Å²) < 4.78 is 5.08. The maximum atomic E-state index is 10.7. The predicted octanol–water partition coefficient (Wildman–Crippen LogP) is 1.95. The molecule has 1 aromatic carbocycles. The first-order valence-corrected chi connectivity index (χ1v) is 5.75. The Morgan fingerprint density at radius 2 is 2.00 bits per heavy atom. The molecule has 5 nitrogen and oxygen atoms in total. The average Bonchev–Trinajstić information content (AvgIpc) is 2.94. The molecule has 1 aliphatic rings. The van der Waals surface area contributed by atoms with E-state index in [1.165, 1.54) is 17.3 Å². The first-order valence-electron chi connectivity index (χ1n) is 5.75. The molecule has 0 saturated heterocycles. The molecular weight excluding hydrogens is 232 g/mol. The van der Waals surface area contributed by atoms with Gasteiger partial charge < -0.3 is 14.8 Å². The third-order valence-electron chi connectivity index (χ3n) is 3.10. The Hall–Kier alpha value is -2.30. The molecule has 2 aromatic rings. The highest BCUT2D eigenvalue weighted by Crippen LogP contribution is 2.24. The Labute approximate surface area is 103 Å². The van der Waals surface area contributed by atoms with Crippen molar-refractivity contribution in [3.63, 3.8) is 0 Å². The monoisotopic (exact) mass is 244 g/mol. The minimum absolute atomic E-state index is 0.145. The second-order valence-corrected chi connectivity index (χ2v) is 4.35.